The number of benzene rings is 2. The third-order valence-corrected chi connectivity index (χ3v) is 4.37. The van der Waals surface area contributed by atoms with Gasteiger partial charge < -0.3 is 4.74 Å². The molecular formula is C14H12F2N2O5S. The molecule has 0 bridgehead atoms. The van der Waals surface area contributed by atoms with Crippen LogP contribution in [0.1, 0.15) is 5.56 Å². The van der Waals surface area contributed by atoms with Crippen LogP contribution in [0.15, 0.2) is 47.4 Å². The molecule has 0 radical (unpaired) electrons. The van der Waals surface area contributed by atoms with Crippen molar-refractivity contribution in [3.63, 3.8) is 0 Å². The lowest BCUT2D eigenvalue weighted by Crippen LogP contribution is -2.14. The van der Waals surface area contributed by atoms with E-state index in [-0.39, 0.29) is 22.0 Å². The van der Waals surface area contributed by atoms with E-state index in [2.05, 4.69) is 9.46 Å². The van der Waals surface area contributed by atoms with Crippen LogP contribution in [-0.2, 0) is 10.0 Å². The molecule has 0 fully saturated rings. The third-order valence-electron chi connectivity index (χ3n) is 3.01. The van der Waals surface area contributed by atoms with Crippen molar-refractivity contribution in [1.29, 1.82) is 0 Å². The van der Waals surface area contributed by atoms with Crippen LogP contribution < -0.4 is 9.46 Å². The number of anilines is 1. The van der Waals surface area contributed by atoms with Crippen molar-refractivity contribution in [2.45, 2.75) is 18.4 Å². The molecule has 0 aliphatic rings. The molecule has 2 aromatic carbocycles. The summed E-state index contributed by atoms with van der Waals surface area (Å²) < 4.78 is 55.4. The molecule has 10 heteroatoms. The lowest BCUT2D eigenvalue weighted by molar-refractivity contribution is -0.385. The number of rotatable bonds is 6. The van der Waals surface area contributed by atoms with Gasteiger partial charge >= 0.3 is 6.61 Å². The van der Waals surface area contributed by atoms with Crippen molar-refractivity contribution in [1.82, 2.24) is 0 Å². The number of nitrogens with one attached hydrogen (secondary N) is 1. The lowest BCUT2D eigenvalue weighted by Gasteiger charge is -2.12. The van der Waals surface area contributed by atoms with E-state index in [1.165, 1.54) is 43.3 Å². The summed E-state index contributed by atoms with van der Waals surface area (Å²) in [5.74, 6) is -0.110. The summed E-state index contributed by atoms with van der Waals surface area (Å²) in [6, 6.07) is 8.24. The Morgan fingerprint density at radius 2 is 1.92 bits per heavy atom. The highest BCUT2D eigenvalue weighted by molar-refractivity contribution is 7.92. The maximum Gasteiger partial charge on any atom is 0.387 e. The fourth-order valence-electron chi connectivity index (χ4n) is 1.89. The molecule has 24 heavy (non-hydrogen) atoms. The Balaban J connectivity index is 2.29. The van der Waals surface area contributed by atoms with Crippen LogP contribution in [0.2, 0.25) is 0 Å². The molecule has 0 saturated carbocycles. The topological polar surface area (TPSA) is 98.5 Å². The van der Waals surface area contributed by atoms with Gasteiger partial charge in [0.2, 0.25) is 0 Å². The van der Waals surface area contributed by atoms with Crippen molar-refractivity contribution in [2.75, 3.05) is 4.72 Å². The number of nitro benzene ring substituents is 1. The van der Waals surface area contributed by atoms with Gasteiger partial charge in [0.15, 0.2) is 0 Å². The molecule has 0 aliphatic heterocycles. The van der Waals surface area contributed by atoms with Gasteiger partial charge in [-0.3, -0.25) is 14.8 Å². The summed E-state index contributed by atoms with van der Waals surface area (Å²) in [5.41, 5.74) is 0.126. The minimum atomic E-state index is -4.07. The lowest BCUT2D eigenvalue weighted by atomic mass is 10.2. The van der Waals surface area contributed by atoms with E-state index in [9.17, 15) is 27.3 Å². The smallest absolute Gasteiger partial charge is 0.387 e. The maximum absolute atomic E-state index is 12.3. The number of nitrogens with zero attached hydrogens (tertiary/aromatic N) is 1. The molecule has 0 unspecified atom stereocenters. The normalized spacial score (nSPS) is 11.3. The van der Waals surface area contributed by atoms with E-state index in [1.54, 1.807) is 0 Å². The highest BCUT2D eigenvalue weighted by Crippen LogP contribution is 2.26. The largest absolute Gasteiger partial charge is 0.435 e. The summed E-state index contributed by atoms with van der Waals surface area (Å²) in [4.78, 5) is 9.74. The summed E-state index contributed by atoms with van der Waals surface area (Å²) in [6.07, 6.45) is 0. The van der Waals surface area contributed by atoms with Crippen LogP contribution in [0, 0.1) is 17.0 Å². The van der Waals surface area contributed by atoms with Crippen LogP contribution in [0.5, 0.6) is 5.75 Å². The number of non-ortho nitro benzene ring substituents is 1. The van der Waals surface area contributed by atoms with Gasteiger partial charge in [-0.2, -0.15) is 8.78 Å². The van der Waals surface area contributed by atoms with Crippen LogP contribution in [0.4, 0.5) is 20.2 Å². The van der Waals surface area contributed by atoms with Crippen molar-refractivity contribution in [2.24, 2.45) is 0 Å². The van der Waals surface area contributed by atoms with Gasteiger partial charge in [0.25, 0.3) is 15.7 Å². The number of hydrogen-bond acceptors (Lipinski definition) is 5. The minimum absolute atomic E-state index is 0.110. The Bertz CT molecular complexity index is 871. The highest BCUT2D eigenvalue weighted by atomic mass is 32.2. The average molecular weight is 358 g/mol. The SMILES string of the molecule is Cc1cc(OC(F)F)ccc1NS(=O)(=O)c1cccc([N+](=O)[O-])c1. The molecule has 0 aromatic heterocycles. The fourth-order valence-corrected chi connectivity index (χ4v) is 3.06. The zero-order chi connectivity index (χ0) is 17.9. The molecule has 2 aromatic rings. The first-order chi connectivity index (χ1) is 11.2. The van der Waals surface area contributed by atoms with Crippen LogP contribution in [0.3, 0.4) is 0 Å². The van der Waals surface area contributed by atoms with Crippen molar-refractivity contribution in [3.05, 3.63) is 58.1 Å². The number of ether oxygens (including phenoxy) is 1. The van der Waals surface area contributed by atoms with Crippen LogP contribution in [-0.4, -0.2) is 20.0 Å². The van der Waals surface area contributed by atoms with Gasteiger partial charge in [0.05, 0.1) is 15.5 Å². The van der Waals surface area contributed by atoms with Crippen LogP contribution in [0.25, 0.3) is 0 Å². The summed E-state index contributed by atoms with van der Waals surface area (Å²) in [6.45, 7) is -1.49. The van der Waals surface area contributed by atoms with Gasteiger partial charge in [-0.05, 0) is 36.8 Å². The molecule has 0 aliphatic carbocycles. The molecule has 2 rings (SSSR count). The number of hydrogen-bond donors (Lipinski definition) is 1. The predicted octanol–water partition coefficient (Wildman–Crippen LogP) is 3.31. The third kappa shape index (κ3) is 4.16. The highest BCUT2D eigenvalue weighted by Gasteiger charge is 2.19. The Labute approximate surface area is 136 Å². The zero-order valence-electron chi connectivity index (χ0n) is 12.3. The Kier molecular flexibility index (Phi) is 4.98. The molecule has 0 spiro atoms. The van der Waals surface area contributed by atoms with Gasteiger partial charge in [-0.1, -0.05) is 6.07 Å². The molecule has 0 atom stereocenters. The fraction of sp³-hybridized carbons (Fsp3) is 0.143. The molecule has 0 amide bonds. The van der Waals surface area contributed by atoms with E-state index in [0.29, 0.717) is 5.56 Å². The van der Waals surface area contributed by atoms with E-state index >= 15 is 0 Å². The monoisotopic (exact) mass is 358 g/mol. The van der Waals surface area contributed by atoms with E-state index in [4.69, 9.17) is 0 Å². The van der Waals surface area contributed by atoms with E-state index in [0.717, 1.165) is 6.07 Å². The second kappa shape index (κ2) is 6.79. The Morgan fingerprint density at radius 1 is 1.21 bits per heavy atom. The molecule has 7 nitrogen and oxygen atoms in total. The summed E-state index contributed by atoms with van der Waals surface area (Å²) in [5, 5.41) is 10.7. The second-order valence-corrected chi connectivity index (χ2v) is 6.40. The summed E-state index contributed by atoms with van der Waals surface area (Å²) >= 11 is 0. The Hall–Kier alpha value is -2.75. The molecule has 1 N–H and O–H groups in total. The van der Waals surface area contributed by atoms with Gasteiger partial charge in [0.1, 0.15) is 5.75 Å². The van der Waals surface area contributed by atoms with Gasteiger partial charge in [-0.15, -0.1) is 0 Å². The van der Waals surface area contributed by atoms with Gasteiger partial charge in [-0.25, -0.2) is 8.42 Å². The first kappa shape index (κ1) is 17.6. The zero-order valence-corrected chi connectivity index (χ0v) is 13.1. The second-order valence-electron chi connectivity index (χ2n) is 4.72. The van der Waals surface area contributed by atoms with Crippen molar-refractivity contribution in [3.8, 4) is 5.75 Å². The van der Waals surface area contributed by atoms with Crippen LogP contribution >= 0.6 is 0 Å². The molecule has 0 saturated heterocycles. The number of aryl methyl sites for hydroxylation is 1. The number of sulfonamides is 1. The standard InChI is InChI=1S/C14H12F2N2O5S/c1-9-7-11(23-14(15)16)5-6-13(9)17-24(21,22)12-4-2-3-10(8-12)18(19)20/h2-8,14,17H,1H3. The maximum atomic E-state index is 12.3. The average Bonchev–Trinajstić information content (AvgIpc) is 2.49. The number of alkyl halides is 2. The predicted molar refractivity (Wildman–Crippen MR) is 81.7 cm³/mol. The first-order valence-electron chi connectivity index (χ1n) is 6.52. The summed E-state index contributed by atoms with van der Waals surface area (Å²) in [7, 11) is -4.07. The molecule has 128 valence electrons. The van der Waals surface area contributed by atoms with E-state index < -0.39 is 21.6 Å². The molecular weight excluding hydrogens is 346 g/mol. The van der Waals surface area contributed by atoms with Crippen molar-refractivity contribution >= 4 is 21.4 Å². The van der Waals surface area contributed by atoms with Crippen molar-refractivity contribution < 1.29 is 26.9 Å². The number of halogens is 2. The quantitative estimate of drug-likeness (QED) is 0.631. The van der Waals surface area contributed by atoms with E-state index in [1.807, 2.05) is 0 Å². The first-order valence-corrected chi connectivity index (χ1v) is 8.00. The number of nitro groups is 1. The minimum Gasteiger partial charge on any atom is -0.435 e. The Morgan fingerprint density at radius 3 is 2.50 bits per heavy atom. The molecule has 0 heterocycles. The van der Waals surface area contributed by atoms with Gasteiger partial charge in [0, 0.05) is 12.1 Å².